The molecule has 0 bridgehead atoms. The van der Waals surface area contributed by atoms with Crippen LogP contribution in [0.1, 0.15) is 27.8 Å². The van der Waals surface area contributed by atoms with Gasteiger partial charge in [0, 0.05) is 5.69 Å². The highest BCUT2D eigenvalue weighted by Gasteiger charge is 2.07. The highest BCUT2D eigenvalue weighted by Crippen LogP contribution is 2.25. The number of rotatable bonds is 4. The predicted molar refractivity (Wildman–Crippen MR) is 85.1 cm³/mol. The first-order chi connectivity index (χ1) is 9.51. The van der Waals surface area contributed by atoms with Crippen LogP contribution in [0.2, 0.25) is 0 Å². The number of hydrogen-bond donors (Lipinski definition) is 2. The van der Waals surface area contributed by atoms with Gasteiger partial charge in [-0.15, -0.1) is 6.58 Å². The van der Waals surface area contributed by atoms with Crippen molar-refractivity contribution in [3.63, 3.8) is 0 Å². The van der Waals surface area contributed by atoms with Crippen LogP contribution in [0.3, 0.4) is 0 Å². The molecule has 0 saturated carbocycles. The van der Waals surface area contributed by atoms with Crippen LogP contribution >= 0.6 is 0 Å². The van der Waals surface area contributed by atoms with Crippen molar-refractivity contribution < 1.29 is 5.11 Å². The van der Waals surface area contributed by atoms with Crippen molar-refractivity contribution in [2.75, 3.05) is 5.73 Å². The lowest BCUT2D eigenvalue weighted by Gasteiger charge is -2.12. The number of aromatic hydroxyl groups is 1. The van der Waals surface area contributed by atoms with Gasteiger partial charge in [0.2, 0.25) is 0 Å². The van der Waals surface area contributed by atoms with E-state index in [-0.39, 0.29) is 0 Å². The summed E-state index contributed by atoms with van der Waals surface area (Å²) in [5, 5.41) is 9.81. The van der Waals surface area contributed by atoms with Gasteiger partial charge in [-0.05, 0) is 72.7 Å². The minimum Gasteiger partial charge on any atom is -0.508 e. The van der Waals surface area contributed by atoms with Gasteiger partial charge in [0.15, 0.2) is 0 Å². The van der Waals surface area contributed by atoms with E-state index >= 15 is 0 Å². The van der Waals surface area contributed by atoms with Gasteiger partial charge >= 0.3 is 0 Å². The van der Waals surface area contributed by atoms with E-state index in [1.807, 2.05) is 24.3 Å². The molecule has 0 unspecified atom stereocenters. The van der Waals surface area contributed by atoms with Crippen LogP contribution in [-0.2, 0) is 12.8 Å². The molecular formula is C18H21NO. The average molecular weight is 267 g/mol. The Balaban J connectivity index is 2.35. The third kappa shape index (κ3) is 3.02. The molecule has 0 atom stereocenters. The predicted octanol–water partition coefficient (Wildman–Crippen LogP) is 3.91. The number of anilines is 1. The summed E-state index contributed by atoms with van der Waals surface area (Å²) >= 11 is 0. The summed E-state index contributed by atoms with van der Waals surface area (Å²) in [5.74, 6) is 0.333. The van der Waals surface area contributed by atoms with E-state index in [0.29, 0.717) is 12.2 Å². The molecule has 0 aliphatic heterocycles. The molecule has 0 amide bonds. The van der Waals surface area contributed by atoms with Crippen molar-refractivity contribution in [3.8, 4) is 5.75 Å². The normalized spacial score (nSPS) is 10.5. The van der Waals surface area contributed by atoms with Gasteiger partial charge in [-0.1, -0.05) is 18.2 Å². The summed E-state index contributed by atoms with van der Waals surface area (Å²) < 4.78 is 0. The zero-order valence-corrected chi connectivity index (χ0v) is 12.1. The fraction of sp³-hybridized carbons (Fsp3) is 0.222. The molecule has 0 aromatic heterocycles. The molecule has 2 aromatic rings. The molecule has 0 aliphatic rings. The Bertz CT molecular complexity index is 621. The standard InChI is InChI=1S/C18H21NO/c1-4-5-15-10-14(6-7-18(15)20)11-17-12(2)8-16(19)9-13(17)3/h4,6-10,20H,1,5,11,19H2,2-3H3. The van der Waals surface area contributed by atoms with Crippen LogP contribution in [0.5, 0.6) is 5.75 Å². The topological polar surface area (TPSA) is 46.2 Å². The van der Waals surface area contributed by atoms with Crippen molar-refractivity contribution in [2.45, 2.75) is 26.7 Å². The number of hydrogen-bond acceptors (Lipinski definition) is 2. The maximum Gasteiger partial charge on any atom is 0.119 e. The van der Waals surface area contributed by atoms with Crippen molar-refractivity contribution in [1.82, 2.24) is 0 Å². The monoisotopic (exact) mass is 267 g/mol. The minimum atomic E-state index is 0.333. The molecule has 2 aromatic carbocycles. The van der Waals surface area contributed by atoms with Gasteiger partial charge in [0.25, 0.3) is 0 Å². The number of nitrogen functional groups attached to an aromatic ring is 1. The first-order valence-corrected chi connectivity index (χ1v) is 6.78. The lowest BCUT2D eigenvalue weighted by atomic mass is 9.94. The largest absolute Gasteiger partial charge is 0.508 e. The number of phenolic OH excluding ortho intramolecular Hbond substituents is 1. The van der Waals surface area contributed by atoms with E-state index < -0.39 is 0 Å². The van der Waals surface area contributed by atoms with Crippen LogP contribution in [0.4, 0.5) is 5.69 Å². The van der Waals surface area contributed by atoms with Gasteiger partial charge in [-0.25, -0.2) is 0 Å². The van der Waals surface area contributed by atoms with Crippen molar-refractivity contribution in [3.05, 3.63) is 70.8 Å². The number of phenols is 1. The molecule has 0 spiro atoms. The second-order valence-electron chi connectivity index (χ2n) is 5.27. The van der Waals surface area contributed by atoms with Crippen LogP contribution in [0, 0.1) is 13.8 Å². The Morgan fingerprint density at radius 2 is 1.80 bits per heavy atom. The molecule has 2 nitrogen and oxygen atoms in total. The molecule has 3 N–H and O–H groups in total. The van der Waals surface area contributed by atoms with Crippen LogP contribution in [0.25, 0.3) is 0 Å². The average Bonchev–Trinajstić information content (AvgIpc) is 2.37. The Hall–Kier alpha value is -2.22. The Morgan fingerprint density at radius 3 is 2.40 bits per heavy atom. The van der Waals surface area contributed by atoms with Crippen molar-refractivity contribution in [1.29, 1.82) is 0 Å². The lowest BCUT2D eigenvalue weighted by Crippen LogP contribution is -1.99. The van der Waals surface area contributed by atoms with Crippen molar-refractivity contribution >= 4 is 5.69 Å². The summed E-state index contributed by atoms with van der Waals surface area (Å²) in [5.41, 5.74) is 12.5. The number of aryl methyl sites for hydroxylation is 2. The molecule has 0 saturated heterocycles. The van der Waals surface area contributed by atoms with Gasteiger partial charge in [-0.2, -0.15) is 0 Å². The number of benzene rings is 2. The Labute approximate surface area is 120 Å². The smallest absolute Gasteiger partial charge is 0.119 e. The third-order valence-electron chi connectivity index (χ3n) is 3.61. The van der Waals surface area contributed by atoms with E-state index in [1.54, 1.807) is 12.1 Å². The molecule has 0 aliphatic carbocycles. The highest BCUT2D eigenvalue weighted by atomic mass is 16.3. The second-order valence-corrected chi connectivity index (χ2v) is 5.27. The Kier molecular flexibility index (Phi) is 4.14. The van der Waals surface area contributed by atoms with E-state index in [1.165, 1.54) is 22.3 Å². The maximum atomic E-state index is 9.81. The highest BCUT2D eigenvalue weighted by molar-refractivity contribution is 5.50. The van der Waals surface area contributed by atoms with E-state index in [9.17, 15) is 5.11 Å². The van der Waals surface area contributed by atoms with Crippen LogP contribution < -0.4 is 5.73 Å². The molecular weight excluding hydrogens is 246 g/mol. The summed E-state index contributed by atoms with van der Waals surface area (Å²) in [6.07, 6.45) is 3.33. The molecule has 20 heavy (non-hydrogen) atoms. The van der Waals surface area contributed by atoms with E-state index in [2.05, 4.69) is 20.4 Å². The van der Waals surface area contributed by atoms with Gasteiger partial charge in [0.05, 0.1) is 0 Å². The van der Waals surface area contributed by atoms with Crippen LogP contribution in [0.15, 0.2) is 43.0 Å². The molecule has 2 rings (SSSR count). The van der Waals surface area contributed by atoms with Gasteiger partial charge in [0.1, 0.15) is 5.75 Å². The summed E-state index contributed by atoms with van der Waals surface area (Å²) in [4.78, 5) is 0. The second kappa shape index (κ2) is 5.83. The zero-order valence-electron chi connectivity index (χ0n) is 12.1. The fourth-order valence-corrected chi connectivity index (χ4v) is 2.58. The summed E-state index contributed by atoms with van der Waals surface area (Å²) in [7, 11) is 0. The molecule has 0 radical (unpaired) electrons. The minimum absolute atomic E-state index is 0.333. The molecule has 0 fully saturated rings. The quantitative estimate of drug-likeness (QED) is 0.651. The van der Waals surface area contributed by atoms with Gasteiger partial charge < -0.3 is 10.8 Å². The fourth-order valence-electron chi connectivity index (χ4n) is 2.58. The van der Waals surface area contributed by atoms with Gasteiger partial charge in [-0.3, -0.25) is 0 Å². The SMILES string of the molecule is C=CCc1cc(Cc2c(C)cc(N)cc2C)ccc1O. The van der Waals surface area contributed by atoms with E-state index in [4.69, 9.17) is 5.73 Å². The third-order valence-corrected chi connectivity index (χ3v) is 3.61. The molecule has 0 heterocycles. The first-order valence-electron chi connectivity index (χ1n) is 6.78. The van der Waals surface area contributed by atoms with Crippen molar-refractivity contribution in [2.24, 2.45) is 0 Å². The number of nitrogens with two attached hydrogens (primary N) is 1. The molecule has 104 valence electrons. The number of allylic oxidation sites excluding steroid dienone is 1. The first kappa shape index (κ1) is 14.2. The maximum absolute atomic E-state index is 9.81. The zero-order chi connectivity index (χ0) is 14.7. The molecule has 2 heteroatoms. The lowest BCUT2D eigenvalue weighted by molar-refractivity contribution is 0.469. The summed E-state index contributed by atoms with van der Waals surface area (Å²) in [6, 6.07) is 9.79. The summed E-state index contributed by atoms with van der Waals surface area (Å²) in [6.45, 7) is 7.90. The van der Waals surface area contributed by atoms with Crippen LogP contribution in [-0.4, -0.2) is 5.11 Å². The Morgan fingerprint density at radius 1 is 1.15 bits per heavy atom. The van der Waals surface area contributed by atoms with E-state index in [0.717, 1.165) is 17.7 Å².